The fourth-order valence-electron chi connectivity index (χ4n) is 4.61. The van der Waals surface area contributed by atoms with Gasteiger partial charge in [-0.05, 0) is 18.9 Å². The van der Waals surface area contributed by atoms with Gasteiger partial charge in [0.05, 0.1) is 16.7 Å². The molecule has 2 heterocycles. The number of rotatable bonds is 6. The van der Waals surface area contributed by atoms with Crippen molar-refractivity contribution < 1.29 is 28.2 Å². The minimum Gasteiger partial charge on any atom is -0.420 e. The molecule has 1 fully saturated rings. The summed E-state index contributed by atoms with van der Waals surface area (Å²) in [5.41, 5.74) is -1.81. The summed E-state index contributed by atoms with van der Waals surface area (Å²) in [4.78, 5) is 53.1. The average molecular weight is 506 g/mol. The Morgan fingerprint density at radius 2 is 2.00 bits per heavy atom. The van der Waals surface area contributed by atoms with E-state index in [0.29, 0.717) is 19.4 Å². The maximum absolute atomic E-state index is 14.2. The Morgan fingerprint density at radius 3 is 2.66 bits per heavy atom. The lowest BCUT2D eigenvalue weighted by atomic mass is 9.72. The predicted octanol–water partition coefficient (Wildman–Crippen LogP) is 2.48. The molecule has 1 spiro atoms. The maximum atomic E-state index is 14.2. The van der Waals surface area contributed by atoms with E-state index in [-0.39, 0.29) is 40.9 Å². The number of esters is 1. The van der Waals surface area contributed by atoms with Gasteiger partial charge in [-0.15, -0.1) is 0 Å². The molecule has 1 aromatic carbocycles. The maximum Gasteiger partial charge on any atom is 0.311 e. The fraction of sp³-hybridized carbons (Fsp3) is 0.417. The van der Waals surface area contributed by atoms with Crippen LogP contribution < -0.4 is 15.5 Å². The Labute approximate surface area is 205 Å². The van der Waals surface area contributed by atoms with Gasteiger partial charge in [-0.3, -0.25) is 19.2 Å². The van der Waals surface area contributed by atoms with E-state index in [9.17, 15) is 23.6 Å². The number of nitrogens with one attached hydrogen (secondary N) is 1. The third-order valence-electron chi connectivity index (χ3n) is 6.53. The summed E-state index contributed by atoms with van der Waals surface area (Å²) < 4.78 is 26.5. The number of amides is 2. The summed E-state index contributed by atoms with van der Waals surface area (Å²) in [7, 11) is 3.19. The van der Waals surface area contributed by atoms with E-state index in [1.165, 1.54) is 29.3 Å². The van der Waals surface area contributed by atoms with Gasteiger partial charge < -0.3 is 24.3 Å². The van der Waals surface area contributed by atoms with Crippen molar-refractivity contribution >= 4 is 29.4 Å². The van der Waals surface area contributed by atoms with E-state index < -0.39 is 40.3 Å². The number of pyridine rings is 1. The second kappa shape index (κ2) is 9.43. The second-order valence-corrected chi connectivity index (χ2v) is 9.20. The molecule has 1 saturated carbocycles. The first-order valence-corrected chi connectivity index (χ1v) is 11.5. The van der Waals surface area contributed by atoms with Gasteiger partial charge >= 0.3 is 5.97 Å². The number of nitrogens with zero attached hydrogens (tertiary/aromatic N) is 2. The minimum absolute atomic E-state index is 0.0374. The van der Waals surface area contributed by atoms with Crippen LogP contribution in [0.1, 0.15) is 52.6 Å². The molecule has 0 saturated heterocycles. The van der Waals surface area contributed by atoms with E-state index in [0.717, 1.165) is 0 Å². The van der Waals surface area contributed by atoms with Crippen LogP contribution in [0.4, 0.5) is 4.39 Å². The molecule has 1 aliphatic carbocycles. The number of aromatic nitrogens is 1. The van der Waals surface area contributed by atoms with Gasteiger partial charge in [0, 0.05) is 45.4 Å². The van der Waals surface area contributed by atoms with Crippen LogP contribution in [0.3, 0.4) is 0 Å². The van der Waals surface area contributed by atoms with E-state index in [1.54, 1.807) is 25.6 Å². The van der Waals surface area contributed by atoms with Crippen LogP contribution in [0, 0.1) is 5.82 Å². The molecule has 2 amide bonds. The van der Waals surface area contributed by atoms with Crippen molar-refractivity contribution in [3.63, 3.8) is 0 Å². The zero-order chi connectivity index (χ0) is 25.5. The highest BCUT2D eigenvalue weighted by molar-refractivity contribution is 6.30. The number of ether oxygens (including phenoxy) is 2. The first-order chi connectivity index (χ1) is 16.6. The van der Waals surface area contributed by atoms with Crippen LogP contribution in [-0.4, -0.2) is 54.1 Å². The lowest BCUT2D eigenvalue weighted by molar-refractivity contribution is -0.134. The summed E-state index contributed by atoms with van der Waals surface area (Å²) in [5.74, 6) is -3.19. The van der Waals surface area contributed by atoms with Crippen molar-refractivity contribution in [3.05, 3.63) is 62.3 Å². The second-order valence-electron chi connectivity index (χ2n) is 8.79. The number of benzene rings is 1. The van der Waals surface area contributed by atoms with E-state index in [1.807, 2.05) is 0 Å². The number of carbonyl (C=O) groups excluding carboxylic acids is 3. The van der Waals surface area contributed by atoms with Crippen molar-refractivity contribution in [2.24, 2.45) is 0 Å². The Hall–Kier alpha value is -3.24. The molecule has 0 radical (unpaired) electrons. The molecule has 2 aliphatic rings. The summed E-state index contributed by atoms with van der Waals surface area (Å²) >= 11 is 5.80. The monoisotopic (exact) mass is 505 g/mol. The smallest absolute Gasteiger partial charge is 0.311 e. The quantitative estimate of drug-likeness (QED) is 0.604. The molecule has 4 rings (SSSR count). The van der Waals surface area contributed by atoms with Gasteiger partial charge in [-0.2, -0.15) is 0 Å². The number of halogens is 2. The van der Waals surface area contributed by atoms with Gasteiger partial charge in [0.2, 0.25) is 11.2 Å². The van der Waals surface area contributed by atoms with Crippen molar-refractivity contribution in [2.45, 2.75) is 44.4 Å². The Bertz CT molecular complexity index is 1270. The molecule has 11 heteroatoms. The molecule has 9 nitrogen and oxygen atoms in total. The fourth-order valence-corrected chi connectivity index (χ4v) is 4.81. The van der Waals surface area contributed by atoms with Gasteiger partial charge in [0.25, 0.3) is 11.8 Å². The summed E-state index contributed by atoms with van der Waals surface area (Å²) in [6.07, 6.45) is 2.29. The van der Waals surface area contributed by atoms with Gasteiger partial charge in [-0.1, -0.05) is 30.7 Å². The number of likely N-dealkylation sites (N-methyl/N-ethyl adjacent to an activating group) is 1. The van der Waals surface area contributed by atoms with Crippen LogP contribution in [-0.2, 0) is 21.6 Å². The molecular weight excluding hydrogens is 481 g/mol. The molecule has 1 aliphatic heterocycles. The summed E-state index contributed by atoms with van der Waals surface area (Å²) in [6, 6.07) is 4.38. The summed E-state index contributed by atoms with van der Waals surface area (Å²) in [5, 5.41) is 2.42. The largest absolute Gasteiger partial charge is 0.420 e. The highest BCUT2D eigenvalue weighted by atomic mass is 35.5. The minimum atomic E-state index is -0.900. The molecule has 0 bridgehead atoms. The number of methoxy groups -OCH3 is 1. The molecule has 1 N–H and O–H groups in total. The van der Waals surface area contributed by atoms with Gasteiger partial charge in [0.1, 0.15) is 11.4 Å². The van der Waals surface area contributed by atoms with Crippen LogP contribution in [0.15, 0.2) is 29.2 Å². The molecule has 2 aromatic rings. The van der Waals surface area contributed by atoms with Gasteiger partial charge in [0.15, 0.2) is 5.69 Å². The van der Waals surface area contributed by atoms with Crippen molar-refractivity contribution in [3.8, 4) is 5.75 Å². The SMILES string of the molecule is CCC(=O)Oc1c2n(cc(C(=O)NCc3cccc(Cl)c3F)c1=O)C1(CC(OC)C1)CN(C)C2=O. The Balaban J connectivity index is 1.79. The van der Waals surface area contributed by atoms with E-state index >= 15 is 0 Å². The zero-order valence-corrected chi connectivity index (χ0v) is 20.3. The molecule has 0 atom stereocenters. The van der Waals surface area contributed by atoms with Crippen molar-refractivity contribution in [1.82, 2.24) is 14.8 Å². The van der Waals surface area contributed by atoms with Crippen molar-refractivity contribution in [2.75, 3.05) is 20.7 Å². The van der Waals surface area contributed by atoms with Crippen LogP contribution in [0.25, 0.3) is 0 Å². The number of carbonyl (C=O) groups is 3. The first-order valence-electron chi connectivity index (χ1n) is 11.1. The molecule has 1 aromatic heterocycles. The first kappa shape index (κ1) is 24.9. The number of fused-ring (bicyclic) bond motifs is 2. The summed E-state index contributed by atoms with van der Waals surface area (Å²) in [6.45, 7) is 1.65. The Morgan fingerprint density at radius 1 is 1.29 bits per heavy atom. The van der Waals surface area contributed by atoms with Crippen LogP contribution in [0.2, 0.25) is 5.02 Å². The van der Waals surface area contributed by atoms with Crippen LogP contribution in [0.5, 0.6) is 5.75 Å². The Kier molecular flexibility index (Phi) is 6.70. The normalized spacial score (nSPS) is 20.9. The highest BCUT2D eigenvalue weighted by Crippen LogP contribution is 2.45. The van der Waals surface area contributed by atoms with E-state index in [2.05, 4.69) is 5.32 Å². The third-order valence-corrected chi connectivity index (χ3v) is 6.82. The van der Waals surface area contributed by atoms with Gasteiger partial charge in [-0.25, -0.2) is 4.39 Å². The number of hydrogen-bond acceptors (Lipinski definition) is 6. The van der Waals surface area contributed by atoms with Crippen molar-refractivity contribution in [1.29, 1.82) is 0 Å². The lowest BCUT2D eigenvalue weighted by Gasteiger charge is -2.53. The average Bonchev–Trinajstić information content (AvgIpc) is 2.81. The molecule has 186 valence electrons. The predicted molar refractivity (Wildman–Crippen MR) is 124 cm³/mol. The third kappa shape index (κ3) is 4.32. The molecule has 35 heavy (non-hydrogen) atoms. The topological polar surface area (TPSA) is 107 Å². The van der Waals surface area contributed by atoms with Crippen LogP contribution >= 0.6 is 11.6 Å². The lowest BCUT2D eigenvalue weighted by Crippen LogP contribution is -2.61. The zero-order valence-electron chi connectivity index (χ0n) is 19.5. The standard InChI is InChI=1S/C24H25ClFN3O6/c1-4-17(30)35-21-19-23(33)28(2)12-24(8-14(9-24)34-3)29(19)11-15(20(21)31)22(32)27-10-13-6-5-7-16(25)18(13)26/h5-7,11,14H,4,8-10,12H2,1-3H3,(H,27,32). The molecule has 0 unspecified atom stereocenters. The molecular formula is C24H25ClFN3O6. The number of hydrogen-bond donors (Lipinski definition) is 1. The highest BCUT2D eigenvalue weighted by Gasteiger charge is 2.52. The van der Waals surface area contributed by atoms with E-state index in [4.69, 9.17) is 21.1 Å².